The molecule has 1 rings (SSSR count). The first kappa shape index (κ1) is 16.7. The van der Waals surface area contributed by atoms with Crippen molar-refractivity contribution in [3.8, 4) is 0 Å². The molecule has 110 valence electrons. The molecule has 0 amide bonds. The van der Waals surface area contributed by atoms with Crippen molar-refractivity contribution in [1.82, 2.24) is 0 Å². The summed E-state index contributed by atoms with van der Waals surface area (Å²) in [5.74, 6) is 0. The van der Waals surface area contributed by atoms with E-state index in [-0.39, 0.29) is 11.8 Å². The third-order valence-electron chi connectivity index (χ3n) is 2.99. The fourth-order valence-corrected chi connectivity index (χ4v) is 2.34. The van der Waals surface area contributed by atoms with E-state index in [9.17, 15) is 14.7 Å². The number of aryl methyl sites for hydroxylation is 1. The molecule has 2 unspecified atom stereocenters. The molecule has 1 N–H and O–H groups in total. The average Bonchev–Trinajstić information content (AvgIpc) is 2.38. The summed E-state index contributed by atoms with van der Waals surface area (Å²) in [6.07, 6.45) is 4.33. The van der Waals surface area contributed by atoms with Crippen LogP contribution in [0.4, 0.5) is 5.69 Å². The van der Waals surface area contributed by atoms with Gasteiger partial charge in [-0.25, -0.2) is 0 Å². The molecular formula is C13H19NO5P+. The molecule has 0 aliphatic carbocycles. The zero-order valence-electron chi connectivity index (χ0n) is 11.4. The first-order valence-corrected chi connectivity index (χ1v) is 7.68. The molecule has 6 nitrogen and oxygen atoms in total. The summed E-state index contributed by atoms with van der Waals surface area (Å²) in [6, 6.07) is 6.59. The van der Waals surface area contributed by atoms with Crippen molar-refractivity contribution in [3.05, 3.63) is 39.9 Å². The molecule has 0 saturated heterocycles. The summed E-state index contributed by atoms with van der Waals surface area (Å²) >= 11 is 0. The predicted octanol–water partition coefficient (Wildman–Crippen LogP) is 3.75. The van der Waals surface area contributed by atoms with Crippen LogP contribution in [0.1, 0.15) is 38.2 Å². The molecule has 0 aromatic heterocycles. The van der Waals surface area contributed by atoms with E-state index < -0.39 is 13.2 Å². The number of benzene rings is 1. The Morgan fingerprint density at radius 1 is 1.30 bits per heavy atom. The highest BCUT2D eigenvalue weighted by Crippen LogP contribution is 2.21. The van der Waals surface area contributed by atoms with Crippen LogP contribution in [0.25, 0.3) is 0 Å². The lowest BCUT2D eigenvalue weighted by atomic mass is 10.0. The Morgan fingerprint density at radius 3 is 2.50 bits per heavy atom. The molecule has 1 aromatic rings. The van der Waals surface area contributed by atoms with E-state index in [4.69, 9.17) is 9.42 Å². The SMILES string of the molecule is CC(CCCCCc1ccc([N+](=O)[O-])cc1)O[P+](=O)O. The van der Waals surface area contributed by atoms with Crippen LogP contribution in [0.5, 0.6) is 0 Å². The van der Waals surface area contributed by atoms with Crippen molar-refractivity contribution in [2.24, 2.45) is 0 Å². The smallest absolute Gasteiger partial charge is 0.258 e. The van der Waals surface area contributed by atoms with Crippen LogP contribution in [-0.2, 0) is 15.5 Å². The summed E-state index contributed by atoms with van der Waals surface area (Å²) in [4.78, 5) is 18.7. The van der Waals surface area contributed by atoms with Gasteiger partial charge in [-0.15, -0.1) is 9.42 Å². The van der Waals surface area contributed by atoms with Crippen molar-refractivity contribution in [1.29, 1.82) is 0 Å². The van der Waals surface area contributed by atoms with Crippen LogP contribution in [0.3, 0.4) is 0 Å². The maximum absolute atomic E-state index is 10.5. The van der Waals surface area contributed by atoms with E-state index in [0.717, 1.165) is 37.7 Å². The standard InChI is InChI=1S/C13H18NO5P/c1-11(19-20(17)18)5-3-2-4-6-12-7-9-13(10-8-12)14(15)16/h7-11H,2-6H2,1H3/p+1. The fraction of sp³-hybridized carbons (Fsp3) is 0.538. The third kappa shape index (κ3) is 6.70. The van der Waals surface area contributed by atoms with E-state index in [1.165, 1.54) is 12.1 Å². The highest BCUT2D eigenvalue weighted by molar-refractivity contribution is 7.32. The van der Waals surface area contributed by atoms with Crippen LogP contribution in [0, 0.1) is 10.1 Å². The van der Waals surface area contributed by atoms with Crippen molar-refractivity contribution in [2.45, 2.75) is 45.1 Å². The summed E-state index contributed by atoms with van der Waals surface area (Å²) in [5, 5.41) is 10.5. The van der Waals surface area contributed by atoms with Gasteiger partial charge in [0.15, 0.2) is 0 Å². The maximum Gasteiger partial charge on any atom is 0.694 e. The number of nitrogens with zero attached hydrogens (tertiary/aromatic N) is 1. The zero-order valence-corrected chi connectivity index (χ0v) is 12.3. The average molecular weight is 300 g/mol. The molecule has 20 heavy (non-hydrogen) atoms. The largest absolute Gasteiger partial charge is 0.694 e. The van der Waals surface area contributed by atoms with E-state index in [0.29, 0.717) is 0 Å². The lowest BCUT2D eigenvalue weighted by molar-refractivity contribution is -0.384. The predicted molar refractivity (Wildman–Crippen MR) is 75.6 cm³/mol. The molecular weight excluding hydrogens is 281 g/mol. The number of unbranched alkanes of at least 4 members (excludes halogenated alkanes) is 2. The van der Waals surface area contributed by atoms with Gasteiger partial charge in [0.2, 0.25) is 0 Å². The highest BCUT2D eigenvalue weighted by Gasteiger charge is 2.17. The van der Waals surface area contributed by atoms with Crippen LogP contribution >= 0.6 is 8.25 Å². The van der Waals surface area contributed by atoms with E-state index >= 15 is 0 Å². The molecule has 0 saturated carbocycles. The van der Waals surface area contributed by atoms with Crippen LogP contribution in [-0.4, -0.2) is 15.9 Å². The Morgan fingerprint density at radius 2 is 1.95 bits per heavy atom. The Bertz CT molecular complexity index is 449. The van der Waals surface area contributed by atoms with Gasteiger partial charge in [-0.05, 0) is 31.7 Å². The molecule has 0 aliphatic rings. The molecule has 0 fully saturated rings. The summed E-state index contributed by atoms with van der Waals surface area (Å²) in [6.45, 7) is 1.78. The normalized spacial score (nSPS) is 13.0. The lowest BCUT2D eigenvalue weighted by Crippen LogP contribution is -2.02. The van der Waals surface area contributed by atoms with Gasteiger partial charge in [-0.2, -0.15) is 0 Å². The van der Waals surface area contributed by atoms with Crippen molar-refractivity contribution in [3.63, 3.8) is 0 Å². The molecule has 0 radical (unpaired) electrons. The minimum atomic E-state index is -2.51. The monoisotopic (exact) mass is 300 g/mol. The van der Waals surface area contributed by atoms with Gasteiger partial charge in [0.05, 0.1) is 4.92 Å². The van der Waals surface area contributed by atoms with Crippen LogP contribution < -0.4 is 0 Å². The molecule has 0 spiro atoms. The maximum atomic E-state index is 10.5. The first-order chi connectivity index (χ1) is 9.49. The van der Waals surface area contributed by atoms with E-state index in [1.807, 2.05) is 0 Å². The molecule has 0 bridgehead atoms. The summed E-state index contributed by atoms with van der Waals surface area (Å²) in [5.41, 5.74) is 1.19. The third-order valence-corrected chi connectivity index (χ3v) is 3.53. The number of non-ortho nitro benzene ring substituents is 1. The lowest BCUT2D eigenvalue weighted by Gasteiger charge is -2.04. The van der Waals surface area contributed by atoms with Gasteiger partial charge in [-0.3, -0.25) is 10.1 Å². The van der Waals surface area contributed by atoms with Crippen molar-refractivity contribution >= 4 is 13.9 Å². The molecule has 0 aliphatic heterocycles. The zero-order chi connectivity index (χ0) is 15.0. The molecule has 2 atom stereocenters. The van der Waals surface area contributed by atoms with Crippen LogP contribution in [0.15, 0.2) is 24.3 Å². The number of hydrogen-bond acceptors (Lipinski definition) is 4. The first-order valence-electron chi connectivity index (χ1n) is 6.55. The Hall–Kier alpha value is -1.36. The summed E-state index contributed by atoms with van der Waals surface area (Å²) < 4.78 is 15.2. The highest BCUT2D eigenvalue weighted by atomic mass is 31.1. The topological polar surface area (TPSA) is 89.7 Å². The van der Waals surface area contributed by atoms with Gasteiger partial charge >= 0.3 is 8.25 Å². The van der Waals surface area contributed by atoms with Gasteiger partial charge in [0, 0.05) is 16.7 Å². The van der Waals surface area contributed by atoms with Crippen molar-refractivity contribution in [2.75, 3.05) is 0 Å². The van der Waals surface area contributed by atoms with Crippen molar-refractivity contribution < 1.29 is 18.9 Å². The van der Waals surface area contributed by atoms with Gasteiger partial charge < -0.3 is 0 Å². The Kier molecular flexibility index (Phi) is 7.30. The van der Waals surface area contributed by atoms with Gasteiger partial charge in [0.25, 0.3) is 5.69 Å². The Balaban J connectivity index is 2.18. The van der Waals surface area contributed by atoms with Gasteiger partial charge in [0.1, 0.15) is 6.10 Å². The number of rotatable bonds is 9. The second-order valence-electron chi connectivity index (χ2n) is 4.68. The number of hydrogen-bond donors (Lipinski definition) is 1. The summed E-state index contributed by atoms with van der Waals surface area (Å²) in [7, 11) is -2.51. The minimum Gasteiger partial charge on any atom is -0.258 e. The number of nitro groups is 1. The van der Waals surface area contributed by atoms with Gasteiger partial charge in [-0.1, -0.05) is 25.0 Å². The van der Waals surface area contributed by atoms with E-state index in [1.54, 1.807) is 19.1 Å². The Labute approximate surface area is 118 Å². The number of nitro benzene ring substituents is 1. The van der Waals surface area contributed by atoms with E-state index in [2.05, 4.69) is 0 Å². The minimum absolute atomic E-state index is 0.109. The second kappa shape index (κ2) is 8.74. The second-order valence-corrected chi connectivity index (χ2v) is 5.36. The molecule has 7 heteroatoms. The fourth-order valence-electron chi connectivity index (χ4n) is 1.93. The quantitative estimate of drug-likeness (QED) is 0.324. The molecule has 0 heterocycles. The van der Waals surface area contributed by atoms with Crippen LogP contribution in [0.2, 0.25) is 0 Å². The molecule has 1 aromatic carbocycles.